The summed E-state index contributed by atoms with van der Waals surface area (Å²) in [5.41, 5.74) is 5.78. The molecule has 0 amide bonds. The van der Waals surface area contributed by atoms with E-state index in [9.17, 15) is 0 Å². The summed E-state index contributed by atoms with van der Waals surface area (Å²) in [6.45, 7) is 2.32. The smallest absolute Gasteiger partial charge is 0.250 e. The van der Waals surface area contributed by atoms with Crippen LogP contribution in [0.2, 0.25) is 5.02 Å². The molecule has 5 rings (SSSR count). The molecule has 0 saturated carbocycles. The lowest BCUT2D eigenvalue weighted by atomic mass is 10.2. The quantitative estimate of drug-likeness (QED) is 0.219. The van der Waals surface area contributed by atoms with E-state index in [1.807, 2.05) is 78.9 Å². The highest BCUT2D eigenvalue weighted by Gasteiger charge is 2.17. The number of para-hydroxylation sites is 1. The molecule has 8 nitrogen and oxygen atoms in total. The molecule has 1 fully saturated rings. The van der Waals surface area contributed by atoms with Gasteiger partial charge in [-0.2, -0.15) is 20.1 Å². The number of aromatic nitrogens is 3. The number of benzene rings is 3. The molecule has 1 aromatic heterocycles. The highest BCUT2D eigenvalue weighted by Crippen LogP contribution is 2.21. The summed E-state index contributed by atoms with van der Waals surface area (Å²) in [6, 6.07) is 25.1. The number of hydrazone groups is 1. The third-order valence-electron chi connectivity index (χ3n) is 5.60. The molecule has 36 heavy (non-hydrogen) atoms. The van der Waals surface area contributed by atoms with Crippen LogP contribution in [0.1, 0.15) is 24.0 Å². The Morgan fingerprint density at radius 3 is 2.47 bits per heavy atom. The van der Waals surface area contributed by atoms with Crippen LogP contribution in [-0.4, -0.2) is 34.3 Å². The molecule has 0 spiro atoms. The normalized spacial score (nSPS) is 13.2. The Balaban J connectivity index is 1.27. The second kappa shape index (κ2) is 11.5. The lowest BCUT2D eigenvalue weighted by molar-refractivity contribution is 0.306. The monoisotopic (exact) mass is 499 g/mol. The van der Waals surface area contributed by atoms with Gasteiger partial charge in [-0.05, 0) is 60.4 Å². The molecule has 0 atom stereocenters. The van der Waals surface area contributed by atoms with E-state index in [0.29, 0.717) is 29.5 Å². The van der Waals surface area contributed by atoms with Gasteiger partial charge < -0.3 is 15.0 Å². The first-order chi connectivity index (χ1) is 17.7. The van der Waals surface area contributed by atoms with Gasteiger partial charge in [0.2, 0.25) is 17.8 Å². The lowest BCUT2D eigenvalue weighted by Crippen LogP contribution is -2.21. The first kappa shape index (κ1) is 23.6. The van der Waals surface area contributed by atoms with E-state index in [4.69, 9.17) is 16.3 Å². The van der Waals surface area contributed by atoms with E-state index in [2.05, 4.69) is 35.7 Å². The minimum atomic E-state index is 0.372. The van der Waals surface area contributed by atoms with E-state index in [1.165, 1.54) is 0 Å². The fourth-order valence-corrected chi connectivity index (χ4v) is 3.90. The van der Waals surface area contributed by atoms with Crippen LogP contribution in [0.15, 0.2) is 84.0 Å². The van der Waals surface area contributed by atoms with Gasteiger partial charge in [0.1, 0.15) is 12.4 Å². The Kier molecular flexibility index (Phi) is 7.53. The van der Waals surface area contributed by atoms with Crippen molar-refractivity contribution in [2.24, 2.45) is 5.10 Å². The summed E-state index contributed by atoms with van der Waals surface area (Å²) in [4.78, 5) is 15.9. The standard InChI is InChI=1S/C27H26ClN7O/c28-22-13-11-20(12-14-22)19-36-24-10-6-7-21(17-24)18-29-34-26-31-25(30-23-8-2-1-3-9-23)32-27(33-26)35-15-4-5-16-35/h1-3,6-14,17-18H,4-5,15-16,19H2,(H2,30,31,32,33,34)/b29-18-. The topological polar surface area (TPSA) is 87.6 Å². The zero-order valence-corrected chi connectivity index (χ0v) is 20.4. The number of nitrogens with zero attached hydrogens (tertiary/aromatic N) is 5. The van der Waals surface area contributed by atoms with Gasteiger partial charge >= 0.3 is 0 Å². The van der Waals surface area contributed by atoms with E-state index in [0.717, 1.165) is 48.5 Å². The molecule has 0 radical (unpaired) electrons. The van der Waals surface area contributed by atoms with Crippen molar-refractivity contribution in [3.63, 3.8) is 0 Å². The van der Waals surface area contributed by atoms with Gasteiger partial charge in [-0.1, -0.05) is 54.1 Å². The average molecular weight is 500 g/mol. The lowest BCUT2D eigenvalue weighted by Gasteiger charge is -2.16. The van der Waals surface area contributed by atoms with Crippen molar-refractivity contribution in [1.82, 2.24) is 15.0 Å². The van der Waals surface area contributed by atoms with Crippen LogP contribution in [0.4, 0.5) is 23.5 Å². The van der Waals surface area contributed by atoms with Crippen molar-refractivity contribution in [3.05, 3.63) is 95.0 Å². The number of anilines is 4. The van der Waals surface area contributed by atoms with E-state index >= 15 is 0 Å². The van der Waals surface area contributed by atoms with Crippen molar-refractivity contribution in [1.29, 1.82) is 0 Å². The van der Waals surface area contributed by atoms with Crippen LogP contribution >= 0.6 is 11.6 Å². The van der Waals surface area contributed by atoms with Gasteiger partial charge in [-0.3, -0.25) is 0 Å². The molecule has 1 aliphatic rings. The number of hydrogen-bond acceptors (Lipinski definition) is 8. The summed E-state index contributed by atoms with van der Waals surface area (Å²) in [5.74, 6) is 2.22. The second-order valence-electron chi connectivity index (χ2n) is 8.33. The van der Waals surface area contributed by atoms with Crippen LogP contribution in [0.5, 0.6) is 5.75 Å². The summed E-state index contributed by atoms with van der Waals surface area (Å²) in [5, 5.41) is 8.31. The molecular weight excluding hydrogens is 474 g/mol. The maximum Gasteiger partial charge on any atom is 0.250 e. The summed E-state index contributed by atoms with van der Waals surface area (Å²) in [7, 11) is 0. The summed E-state index contributed by atoms with van der Waals surface area (Å²) in [6.07, 6.45) is 3.97. The van der Waals surface area contributed by atoms with Gasteiger partial charge in [0.05, 0.1) is 6.21 Å². The maximum absolute atomic E-state index is 5.95. The molecule has 9 heteroatoms. The van der Waals surface area contributed by atoms with Crippen LogP contribution in [0.3, 0.4) is 0 Å². The zero-order valence-electron chi connectivity index (χ0n) is 19.6. The maximum atomic E-state index is 5.95. The highest BCUT2D eigenvalue weighted by atomic mass is 35.5. The van der Waals surface area contributed by atoms with Crippen molar-refractivity contribution < 1.29 is 4.74 Å². The minimum Gasteiger partial charge on any atom is -0.489 e. The fraction of sp³-hybridized carbons (Fsp3) is 0.185. The molecule has 1 aliphatic heterocycles. The van der Waals surface area contributed by atoms with E-state index in [-0.39, 0.29) is 0 Å². The van der Waals surface area contributed by atoms with Crippen molar-refractivity contribution in [2.75, 3.05) is 28.7 Å². The molecule has 0 aliphatic carbocycles. The summed E-state index contributed by atoms with van der Waals surface area (Å²) >= 11 is 5.95. The Labute approximate surface area is 215 Å². The molecule has 2 N–H and O–H groups in total. The van der Waals surface area contributed by atoms with E-state index in [1.54, 1.807) is 6.21 Å². The average Bonchev–Trinajstić information content (AvgIpc) is 3.45. The van der Waals surface area contributed by atoms with Crippen LogP contribution in [0, 0.1) is 0 Å². The molecule has 4 aromatic rings. The summed E-state index contributed by atoms with van der Waals surface area (Å²) < 4.78 is 5.91. The first-order valence-electron chi connectivity index (χ1n) is 11.8. The van der Waals surface area contributed by atoms with Gasteiger partial charge in [-0.15, -0.1) is 0 Å². The minimum absolute atomic E-state index is 0.372. The molecule has 0 bridgehead atoms. The number of hydrogen-bond donors (Lipinski definition) is 2. The third-order valence-corrected chi connectivity index (χ3v) is 5.85. The largest absolute Gasteiger partial charge is 0.489 e. The predicted molar refractivity (Wildman–Crippen MR) is 144 cm³/mol. The Morgan fingerprint density at radius 1 is 0.889 bits per heavy atom. The van der Waals surface area contributed by atoms with Crippen LogP contribution < -0.4 is 20.4 Å². The number of rotatable bonds is 9. The zero-order chi connectivity index (χ0) is 24.6. The van der Waals surface area contributed by atoms with Crippen LogP contribution in [0.25, 0.3) is 0 Å². The molecule has 0 unspecified atom stereocenters. The van der Waals surface area contributed by atoms with Crippen LogP contribution in [-0.2, 0) is 6.61 Å². The fourth-order valence-electron chi connectivity index (χ4n) is 3.78. The van der Waals surface area contributed by atoms with Gasteiger partial charge in [0.25, 0.3) is 0 Å². The number of nitrogens with one attached hydrogen (secondary N) is 2. The molecule has 2 heterocycles. The Morgan fingerprint density at radius 2 is 1.67 bits per heavy atom. The van der Waals surface area contributed by atoms with Crippen molar-refractivity contribution >= 4 is 41.3 Å². The van der Waals surface area contributed by atoms with Crippen molar-refractivity contribution in [3.8, 4) is 5.75 Å². The SMILES string of the molecule is Clc1ccc(COc2cccc(/C=N\Nc3nc(Nc4ccccc4)nc(N4CCCC4)n3)c2)cc1. The van der Waals surface area contributed by atoms with E-state index < -0.39 is 0 Å². The Hall–Kier alpha value is -4.17. The predicted octanol–water partition coefficient (Wildman–Crippen LogP) is 5.89. The first-order valence-corrected chi connectivity index (χ1v) is 12.2. The highest BCUT2D eigenvalue weighted by molar-refractivity contribution is 6.30. The number of halogens is 1. The molecule has 1 saturated heterocycles. The molecule has 182 valence electrons. The van der Waals surface area contributed by atoms with Gasteiger partial charge in [0, 0.05) is 23.8 Å². The van der Waals surface area contributed by atoms with Gasteiger partial charge in [0.15, 0.2) is 0 Å². The van der Waals surface area contributed by atoms with Gasteiger partial charge in [-0.25, -0.2) is 5.43 Å². The number of ether oxygens (including phenoxy) is 1. The Bertz CT molecular complexity index is 1310. The molecule has 3 aromatic carbocycles. The molecular formula is C27H26ClN7O. The van der Waals surface area contributed by atoms with Crippen molar-refractivity contribution in [2.45, 2.75) is 19.4 Å². The second-order valence-corrected chi connectivity index (χ2v) is 8.76. The third kappa shape index (κ3) is 6.49.